The van der Waals surface area contributed by atoms with Gasteiger partial charge < -0.3 is 10.1 Å². The fourth-order valence-corrected chi connectivity index (χ4v) is 4.47. The zero-order valence-electron chi connectivity index (χ0n) is 19.1. The van der Waals surface area contributed by atoms with Crippen LogP contribution in [0.4, 0.5) is 5.69 Å². The van der Waals surface area contributed by atoms with Crippen LogP contribution >= 0.6 is 11.6 Å². The Morgan fingerprint density at radius 3 is 2.26 bits per heavy atom. The molecule has 6 nitrogen and oxygen atoms in total. The molecule has 0 aliphatic carbocycles. The predicted molar refractivity (Wildman–Crippen MR) is 127 cm³/mol. The maximum Gasteiger partial charge on any atom is 0.241 e. The number of anilines is 1. The zero-order chi connectivity index (χ0) is 23.5. The number of sulfonamides is 1. The number of benzene rings is 2. The molecule has 1 amide bonds. The van der Waals surface area contributed by atoms with Crippen LogP contribution in [0.15, 0.2) is 30.3 Å². The van der Waals surface area contributed by atoms with Gasteiger partial charge in [-0.2, -0.15) is 0 Å². The zero-order valence-corrected chi connectivity index (χ0v) is 20.7. The Hall–Kier alpha value is -2.25. The first-order valence-electron chi connectivity index (χ1n) is 10.1. The summed E-state index contributed by atoms with van der Waals surface area (Å²) in [6, 6.07) is 8.62. The third-order valence-electron chi connectivity index (χ3n) is 5.22. The van der Waals surface area contributed by atoms with Crippen molar-refractivity contribution >= 4 is 33.2 Å². The number of nitrogens with one attached hydrogen (secondary N) is 1. The molecule has 2 aromatic carbocycles. The van der Waals surface area contributed by atoms with E-state index in [-0.39, 0.29) is 18.5 Å². The van der Waals surface area contributed by atoms with Gasteiger partial charge in [-0.05, 0) is 73.2 Å². The molecular weight excluding hydrogens is 436 g/mol. The third kappa shape index (κ3) is 6.14. The fraction of sp³-hybridized carbons (Fsp3) is 0.435. The number of rotatable bonds is 8. The maximum absolute atomic E-state index is 12.8. The summed E-state index contributed by atoms with van der Waals surface area (Å²) >= 11 is 6.16. The molecule has 0 bridgehead atoms. The van der Waals surface area contributed by atoms with Crippen molar-refractivity contribution in [2.24, 2.45) is 0 Å². The van der Waals surface area contributed by atoms with Gasteiger partial charge in [-0.15, -0.1) is 0 Å². The van der Waals surface area contributed by atoms with E-state index in [1.165, 1.54) is 0 Å². The van der Waals surface area contributed by atoms with E-state index < -0.39 is 15.9 Å². The average Bonchev–Trinajstić information content (AvgIpc) is 2.66. The van der Waals surface area contributed by atoms with Crippen LogP contribution in [0, 0.1) is 13.8 Å². The van der Waals surface area contributed by atoms with Gasteiger partial charge in [0, 0.05) is 5.02 Å². The maximum atomic E-state index is 12.8. The van der Waals surface area contributed by atoms with E-state index in [9.17, 15) is 13.2 Å². The number of hydrogen-bond acceptors (Lipinski definition) is 4. The van der Waals surface area contributed by atoms with Crippen molar-refractivity contribution in [2.75, 3.05) is 24.2 Å². The summed E-state index contributed by atoms with van der Waals surface area (Å²) < 4.78 is 31.3. The summed E-state index contributed by atoms with van der Waals surface area (Å²) in [6.45, 7) is 9.49. The van der Waals surface area contributed by atoms with Gasteiger partial charge in [-0.1, -0.05) is 31.5 Å². The van der Waals surface area contributed by atoms with Gasteiger partial charge >= 0.3 is 0 Å². The quantitative estimate of drug-likeness (QED) is 0.610. The lowest BCUT2D eigenvalue weighted by Crippen LogP contribution is -2.41. The molecule has 31 heavy (non-hydrogen) atoms. The number of carbonyl (C=O) groups is 1. The van der Waals surface area contributed by atoms with Crippen LogP contribution in [0.1, 0.15) is 55.0 Å². The van der Waals surface area contributed by atoms with Crippen molar-refractivity contribution in [1.82, 2.24) is 5.32 Å². The summed E-state index contributed by atoms with van der Waals surface area (Å²) in [6.07, 6.45) is 1.07. The van der Waals surface area contributed by atoms with Crippen molar-refractivity contribution in [2.45, 2.75) is 46.6 Å². The third-order valence-corrected chi connectivity index (χ3v) is 6.76. The van der Waals surface area contributed by atoms with Gasteiger partial charge in [0.15, 0.2) is 0 Å². The van der Waals surface area contributed by atoms with E-state index in [1.54, 1.807) is 25.3 Å². The van der Waals surface area contributed by atoms with Crippen LogP contribution in [-0.4, -0.2) is 34.2 Å². The molecule has 0 fully saturated rings. The minimum absolute atomic E-state index is 0.254. The summed E-state index contributed by atoms with van der Waals surface area (Å²) in [5, 5.41) is 3.36. The van der Waals surface area contributed by atoms with Crippen molar-refractivity contribution in [3.05, 3.63) is 57.6 Å². The molecule has 0 saturated heterocycles. The van der Waals surface area contributed by atoms with Crippen LogP contribution in [0.3, 0.4) is 0 Å². The average molecular weight is 467 g/mol. The van der Waals surface area contributed by atoms with Gasteiger partial charge in [-0.3, -0.25) is 9.10 Å². The van der Waals surface area contributed by atoms with Crippen molar-refractivity contribution < 1.29 is 17.9 Å². The molecule has 0 aromatic heterocycles. The normalized spacial score (nSPS) is 12.5. The van der Waals surface area contributed by atoms with E-state index >= 15 is 0 Å². The number of hydrogen-bond donors (Lipinski definition) is 1. The topological polar surface area (TPSA) is 75.7 Å². The number of nitrogens with zero attached hydrogens (tertiary/aromatic N) is 1. The molecule has 0 aliphatic rings. The molecule has 0 radical (unpaired) electrons. The Morgan fingerprint density at radius 1 is 1.10 bits per heavy atom. The van der Waals surface area contributed by atoms with Gasteiger partial charge in [0.25, 0.3) is 0 Å². The molecule has 0 aliphatic heterocycles. The van der Waals surface area contributed by atoms with Crippen LogP contribution in [0.25, 0.3) is 0 Å². The molecule has 0 saturated carbocycles. The van der Waals surface area contributed by atoms with E-state index in [0.717, 1.165) is 38.6 Å². The Labute approximate surface area is 190 Å². The SMILES string of the molecule is COc1cc(C)c([C@H](C)NC(=O)CN(c2ccc(C)c(Cl)c2)S(C)(=O)=O)cc1C(C)C. The Morgan fingerprint density at radius 2 is 1.74 bits per heavy atom. The van der Waals surface area contributed by atoms with Crippen molar-refractivity contribution in [1.29, 1.82) is 0 Å². The number of aryl methyl sites for hydroxylation is 2. The highest BCUT2D eigenvalue weighted by atomic mass is 35.5. The highest BCUT2D eigenvalue weighted by Gasteiger charge is 2.23. The molecule has 0 spiro atoms. The van der Waals surface area contributed by atoms with Gasteiger partial charge in [0.2, 0.25) is 15.9 Å². The van der Waals surface area contributed by atoms with Crippen molar-refractivity contribution in [3.8, 4) is 5.75 Å². The molecule has 0 heterocycles. The van der Waals surface area contributed by atoms with E-state index in [1.807, 2.05) is 32.9 Å². The van der Waals surface area contributed by atoms with Gasteiger partial charge in [0.1, 0.15) is 12.3 Å². The van der Waals surface area contributed by atoms with Crippen molar-refractivity contribution in [3.63, 3.8) is 0 Å². The second kappa shape index (κ2) is 9.92. The number of carbonyl (C=O) groups excluding carboxylic acids is 1. The molecule has 1 N–H and O–H groups in total. The predicted octanol–water partition coefficient (Wildman–Crippen LogP) is 4.73. The molecule has 8 heteroatoms. The largest absolute Gasteiger partial charge is 0.496 e. The first kappa shape index (κ1) is 25.0. The van der Waals surface area contributed by atoms with Crippen LogP contribution < -0.4 is 14.4 Å². The van der Waals surface area contributed by atoms with E-state index in [0.29, 0.717) is 10.7 Å². The lowest BCUT2D eigenvalue weighted by atomic mass is 9.93. The lowest BCUT2D eigenvalue weighted by Gasteiger charge is -2.25. The molecule has 1 atom stereocenters. The monoisotopic (exact) mass is 466 g/mol. The molecule has 2 rings (SSSR count). The number of halogens is 1. The van der Waals surface area contributed by atoms with Gasteiger partial charge in [0.05, 0.1) is 25.1 Å². The lowest BCUT2D eigenvalue weighted by molar-refractivity contribution is -0.120. The standard InChI is InChI=1S/C23H31ClN2O4S/c1-14(2)19-12-20(16(4)10-22(19)30-6)17(5)25-23(27)13-26(31(7,28)29)18-9-8-15(3)21(24)11-18/h8-12,14,17H,13H2,1-7H3,(H,25,27)/t17-/m0/s1. The Kier molecular flexibility index (Phi) is 8.00. The summed E-state index contributed by atoms with van der Waals surface area (Å²) in [4.78, 5) is 12.8. The van der Waals surface area contributed by atoms with Crippen LogP contribution in [0.5, 0.6) is 5.75 Å². The summed E-state index contributed by atoms with van der Waals surface area (Å²) in [5.41, 5.74) is 4.18. The number of ether oxygens (including phenoxy) is 1. The minimum atomic E-state index is -3.68. The smallest absolute Gasteiger partial charge is 0.241 e. The second-order valence-electron chi connectivity index (χ2n) is 8.10. The molecule has 0 unspecified atom stereocenters. The second-order valence-corrected chi connectivity index (χ2v) is 10.4. The van der Waals surface area contributed by atoms with E-state index in [4.69, 9.17) is 16.3 Å². The minimum Gasteiger partial charge on any atom is -0.496 e. The fourth-order valence-electron chi connectivity index (χ4n) is 3.44. The van der Waals surface area contributed by atoms with E-state index in [2.05, 4.69) is 19.2 Å². The first-order valence-corrected chi connectivity index (χ1v) is 12.3. The first-order chi connectivity index (χ1) is 14.3. The Balaban J connectivity index is 2.27. The number of amides is 1. The molecule has 170 valence electrons. The van der Waals surface area contributed by atoms with Gasteiger partial charge in [-0.25, -0.2) is 8.42 Å². The highest BCUT2D eigenvalue weighted by molar-refractivity contribution is 7.92. The molecule has 2 aromatic rings. The Bertz CT molecular complexity index is 1070. The number of methoxy groups -OCH3 is 1. The summed E-state index contributed by atoms with van der Waals surface area (Å²) in [5.74, 6) is 0.662. The van der Waals surface area contributed by atoms with Crippen LogP contribution in [0.2, 0.25) is 5.02 Å². The molecular formula is C23H31ClN2O4S. The highest BCUT2D eigenvalue weighted by Crippen LogP contribution is 2.32. The van der Waals surface area contributed by atoms with Crippen LogP contribution in [-0.2, 0) is 14.8 Å². The summed E-state index contributed by atoms with van der Waals surface area (Å²) in [7, 11) is -2.04.